The fraction of sp³-hybridized carbons (Fsp3) is 0.375. The van der Waals surface area contributed by atoms with Crippen LogP contribution in [-0.4, -0.2) is 52.0 Å². The molecule has 5 nitrogen and oxygen atoms in total. The van der Waals surface area contributed by atoms with Gasteiger partial charge in [-0.3, -0.25) is 9.58 Å². The van der Waals surface area contributed by atoms with Gasteiger partial charge in [-0.2, -0.15) is 5.10 Å². The largest absolute Gasteiger partial charge is 0.374 e. The van der Waals surface area contributed by atoms with E-state index in [-0.39, 0.29) is 6.10 Å². The number of morpholine rings is 1. The maximum atomic E-state index is 5.79. The van der Waals surface area contributed by atoms with E-state index in [1.165, 1.54) is 5.56 Å². The van der Waals surface area contributed by atoms with E-state index in [1.807, 2.05) is 10.7 Å². The van der Waals surface area contributed by atoms with Crippen molar-refractivity contribution >= 4 is 6.08 Å². The maximum absolute atomic E-state index is 5.79. The van der Waals surface area contributed by atoms with Gasteiger partial charge in [0.05, 0.1) is 19.3 Å². The molecule has 0 unspecified atom stereocenters. The van der Waals surface area contributed by atoms with Gasteiger partial charge in [-0.25, -0.2) is 4.98 Å². The Kier molecular flexibility index (Phi) is 4.76. The standard InChI is InChI=1S/C16H20N4O/c1-2-5-15(6-3-1)7-4-8-19-9-10-21-16(11-19)12-20-14-17-13-18-20/h1-7,13-14,16H,8-12H2/b7-4+/t16-/m0/s1. The van der Waals surface area contributed by atoms with E-state index in [4.69, 9.17) is 4.74 Å². The number of ether oxygens (including phenoxy) is 1. The molecule has 110 valence electrons. The molecule has 0 aliphatic carbocycles. The Hall–Kier alpha value is -1.98. The molecule has 1 atom stereocenters. The summed E-state index contributed by atoms with van der Waals surface area (Å²) < 4.78 is 7.62. The third kappa shape index (κ3) is 4.24. The molecule has 2 aromatic rings. The Morgan fingerprint density at radius 1 is 1.29 bits per heavy atom. The van der Waals surface area contributed by atoms with Crippen LogP contribution in [0.3, 0.4) is 0 Å². The summed E-state index contributed by atoms with van der Waals surface area (Å²) >= 11 is 0. The number of rotatable bonds is 5. The maximum Gasteiger partial charge on any atom is 0.137 e. The molecule has 0 bridgehead atoms. The van der Waals surface area contributed by atoms with E-state index in [0.29, 0.717) is 0 Å². The second-order valence-corrected chi connectivity index (χ2v) is 5.18. The second kappa shape index (κ2) is 7.15. The molecule has 2 heterocycles. The fourth-order valence-electron chi connectivity index (χ4n) is 2.49. The highest BCUT2D eigenvalue weighted by molar-refractivity contribution is 5.48. The SMILES string of the molecule is C(=C\c1ccccc1)/CN1CCO[C@H](Cn2cncn2)C1. The fourth-order valence-corrected chi connectivity index (χ4v) is 2.49. The van der Waals surface area contributed by atoms with Crippen LogP contribution in [0.25, 0.3) is 6.08 Å². The zero-order valence-electron chi connectivity index (χ0n) is 12.0. The summed E-state index contributed by atoms with van der Waals surface area (Å²) in [5.41, 5.74) is 1.24. The first-order valence-electron chi connectivity index (χ1n) is 7.28. The van der Waals surface area contributed by atoms with Gasteiger partial charge in [0.1, 0.15) is 12.7 Å². The molecule has 1 fully saturated rings. The van der Waals surface area contributed by atoms with Crippen molar-refractivity contribution in [2.75, 3.05) is 26.2 Å². The van der Waals surface area contributed by atoms with Gasteiger partial charge in [0.2, 0.25) is 0 Å². The van der Waals surface area contributed by atoms with Crippen molar-refractivity contribution in [3.05, 3.63) is 54.6 Å². The van der Waals surface area contributed by atoms with Crippen molar-refractivity contribution in [3.8, 4) is 0 Å². The molecule has 0 radical (unpaired) electrons. The van der Waals surface area contributed by atoms with Crippen molar-refractivity contribution in [2.45, 2.75) is 12.6 Å². The summed E-state index contributed by atoms with van der Waals surface area (Å²) in [5.74, 6) is 0. The average Bonchev–Trinajstić information content (AvgIpc) is 3.02. The van der Waals surface area contributed by atoms with Gasteiger partial charge in [0, 0.05) is 19.6 Å². The summed E-state index contributed by atoms with van der Waals surface area (Å²) in [6.45, 7) is 4.40. The molecule has 1 aliphatic heterocycles. The van der Waals surface area contributed by atoms with E-state index < -0.39 is 0 Å². The third-order valence-electron chi connectivity index (χ3n) is 3.55. The van der Waals surface area contributed by atoms with Gasteiger partial charge in [0.15, 0.2) is 0 Å². The first-order chi connectivity index (χ1) is 10.4. The molecule has 21 heavy (non-hydrogen) atoms. The van der Waals surface area contributed by atoms with Crippen molar-refractivity contribution < 1.29 is 4.74 Å². The minimum absolute atomic E-state index is 0.186. The molecule has 1 saturated heterocycles. The van der Waals surface area contributed by atoms with Crippen molar-refractivity contribution in [1.82, 2.24) is 19.7 Å². The van der Waals surface area contributed by atoms with Gasteiger partial charge in [-0.15, -0.1) is 0 Å². The number of hydrogen-bond acceptors (Lipinski definition) is 4. The lowest BCUT2D eigenvalue weighted by atomic mass is 10.2. The van der Waals surface area contributed by atoms with Crippen molar-refractivity contribution in [2.24, 2.45) is 0 Å². The molecule has 0 saturated carbocycles. The lowest BCUT2D eigenvalue weighted by Crippen LogP contribution is -2.44. The highest BCUT2D eigenvalue weighted by atomic mass is 16.5. The van der Waals surface area contributed by atoms with Crippen molar-refractivity contribution in [1.29, 1.82) is 0 Å². The first kappa shape index (κ1) is 14.0. The quantitative estimate of drug-likeness (QED) is 0.838. The molecule has 1 aromatic heterocycles. The normalized spacial score (nSPS) is 20.1. The van der Waals surface area contributed by atoms with Crippen LogP contribution in [0.5, 0.6) is 0 Å². The van der Waals surface area contributed by atoms with Crippen LogP contribution in [0.15, 0.2) is 49.1 Å². The summed E-state index contributed by atoms with van der Waals surface area (Å²) in [7, 11) is 0. The summed E-state index contributed by atoms with van der Waals surface area (Å²) in [6, 6.07) is 10.4. The Morgan fingerprint density at radius 3 is 3.00 bits per heavy atom. The van der Waals surface area contributed by atoms with E-state index in [2.05, 4.69) is 51.4 Å². The van der Waals surface area contributed by atoms with Crippen LogP contribution in [0, 0.1) is 0 Å². The lowest BCUT2D eigenvalue weighted by Gasteiger charge is -2.32. The van der Waals surface area contributed by atoms with Gasteiger partial charge < -0.3 is 4.74 Å². The molecule has 1 aliphatic rings. The number of hydrogen-bond donors (Lipinski definition) is 0. The van der Waals surface area contributed by atoms with Gasteiger partial charge >= 0.3 is 0 Å². The van der Waals surface area contributed by atoms with Crippen LogP contribution in [0.4, 0.5) is 0 Å². The molecular weight excluding hydrogens is 264 g/mol. The molecule has 0 N–H and O–H groups in total. The highest BCUT2D eigenvalue weighted by Gasteiger charge is 2.20. The number of aromatic nitrogens is 3. The van der Waals surface area contributed by atoms with Gasteiger partial charge in [0.25, 0.3) is 0 Å². The lowest BCUT2D eigenvalue weighted by molar-refractivity contribution is -0.0338. The molecule has 0 spiro atoms. The summed E-state index contributed by atoms with van der Waals surface area (Å²) in [5, 5.41) is 4.13. The minimum Gasteiger partial charge on any atom is -0.374 e. The summed E-state index contributed by atoms with van der Waals surface area (Å²) in [6.07, 6.45) is 7.86. The molecule has 5 heteroatoms. The third-order valence-corrected chi connectivity index (χ3v) is 3.55. The Labute approximate surface area is 124 Å². The molecular formula is C16H20N4O. The first-order valence-corrected chi connectivity index (χ1v) is 7.28. The predicted molar refractivity (Wildman–Crippen MR) is 81.7 cm³/mol. The smallest absolute Gasteiger partial charge is 0.137 e. The van der Waals surface area contributed by atoms with Crippen LogP contribution in [0.2, 0.25) is 0 Å². The number of benzene rings is 1. The monoisotopic (exact) mass is 284 g/mol. The Balaban J connectivity index is 1.48. The van der Waals surface area contributed by atoms with E-state index in [0.717, 1.165) is 32.8 Å². The highest BCUT2D eigenvalue weighted by Crippen LogP contribution is 2.08. The second-order valence-electron chi connectivity index (χ2n) is 5.18. The van der Waals surface area contributed by atoms with Crippen LogP contribution in [0.1, 0.15) is 5.56 Å². The van der Waals surface area contributed by atoms with Gasteiger partial charge in [-0.05, 0) is 5.56 Å². The zero-order chi connectivity index (χ0) is 14.3. The van der Waals surface area contributed by atoms with Crippen molar-refractivity contribution in [3.63, 3.8) is 0 Å². The zero-order valence-corrected chi connectivity index (χ0v) is 12.0. The van der Waals surface area contributed by atoms with E-state index >= 15 is 0 Å². The van der Waals surface area contributed by atoms with E-state index in [1.54, 1.807) is 12.7 Å². The average molecular weight is 284 g/mol. The van der Waals surface area contributed by atoms with Crippen LogP contribution >= 0.6 is 0 Å². The minimum atomic E-state index is 0.186. The summed E-state index contributed by atoms with van der Waals surface area (Å²) in [4.78, 5) is 6.37. The number of nitrogens with zero attached hydrogens (tertiary/aromatic N) is 4. The van der Waals surface area contributed by atoms with Gasteiger partial charge in [-0.1, -0.05) is 42.5 Å². The van der Waals surface area contributed by atoms with Crippen LogP contribution in [-0.2, 0) is 11.3 Å². The topological polar surface area (TPSA) is 43.2 Å². The molecule has 0 amide bonds. The Bertz CT molecular complexity index is 553. The predicted octanol–water partition coefficient (Wildman–Crippen LogP) is 1.69. The van der Waals surface area contributed by atoms with Crippen LogP contribution < -0.4 is 0 Å². The Morgan fingerprint density at radius 2 is 2.19 bits per heavy atom. The molecule has 3 rings (SSSR count). The molecule has 1 aromatic carbocycles. The van der Waals surface area contributed by atoms with E-state index in [9.17, 15) is 0 Å².